The third kappa shape index (κ3) is 4.47. The molecular weight excluding hydrogens is 469 g/mol. The van der Waals surface area contributed by atoms with Crippen molar-refractivity contribution in [2.24, 2.45) is 0 Å². The van der Waals surface area contributed by atoms with Gasteiger partial charge in [-0.1, -0.05) is 42.1 Å². The minimum Gasteiger partial charge on any atom is -0.451 e. The minimum absolute atomic E-state index is 0.00422. The number of carbonyl (C=O) groups is 2. The zero-order valence-electron chi connectivity index (χ0n) is 16.1. The second-order valence-corrected chi connectivity index (χ2v) is 11.9. The number of halogens is 2. The van der Waals surface area contributed by atoms with Crippen molar-refractivity contribution < 1.29 is 22.7 Å². The smallest absolute Gasteiger partial charge is 0.350 e. The summed E-state index contributed by atoms with van der Waals surface area (Å²) in [5.74, 6) is -0.950. The van der Waals surface area contributed by atoms with Gasteiger partial charge in [-0.15, -0.1) is 11.3 Å². The first kappa shape index (κ1) is 21.9. The number of ether oxygens (including phenoxy) is 1. The van der Waals surface area contributed by atoms with Gasteiger partial charge in [-0.05, 0) is 31.4 Å². The number of amides is 1. The lowest BCUT2D eigenvalue weighted by Crippen LogP contribution is -2.48. The normalized spacial score (nSPS) is 21.2. The number of fused-ring (bicyclic) bond motifs is 1. The number of benzene rings is 1. The average molecular weight is 490 g/mol. The van der Waals surface area contributed by atoms with Gasteiger partial charge in [0.1, 0.15) is 4.88 Å². The highest BCUT2D eigenvalue weighted by molar-refractivity contribution is 7.91. The van der Waals surface area contributed by atoms with Crippen LogP contribution in [0.1, 0.15) is 41.8 Å². The van der Waals surface area contributed by atoms with Crippen LogP contribution in [0.15, 0.2) is 18.2 Å². The Morgan fingerprint density at radius 2 is 1.87 bits per heavy atom. The molecule has 1 saturated heterocycles. The Bertz CT molecular complexity index is 1090. The molecule has 30 heavy (non-hydrogen) atoms. The summed E-state index contributed by atoms with van der Waals surface area (Å²) in [6, 6.07) is 4.80. The highest BCUT2D eigenvalue weighted by Crippen LogP contribution is 2.37. The van der Waals surface area contributed by atoms with Gasteiger partial charge < -0.3 is 9.64 Å². The molecule has 1 saturated carbocycles. The third-order valence-corrected chi connectivity index (χ3v) is 9.33. The number of carbonyl (C=O) groups excluding carboxylic acids is 2. The summed E-state index contributed by atoms with van der Waals surface area (Å²) in [5.41, 5.74) is 0. The van der Waals surface area contributed by atoms with Gasteiger partial charge in [0, 0.05) is 27.2 Å². The van der Waals surface area contributed by atoms with Crippen LogP contribution in [0, 0.1) is 0 Å². The quantitative estimate of drug-likeness (QED) is 0.584. The van der Waals surface area contributed by atoms with Crippen molar-refractivity contribution in [1.82, 2.24) is 4.90 Å². The highest BCUT2D eigenvalue weighted by atomic mass is 35.5. The summed E-state index contributed by atoms with van der Waals surface area (Å²) in [6.45, 7) is -0.433. The zero-order valence-corrected chi connectivity index (χ0v) is 19.2. The van der Waals surface area contributed by atoms with Gasteiger partial charge in [0.25, 0.3) is 5.91 Å². The predicted molar refractivity (Wildman–Crippen MR) is 118 cm³/mol. The van der Waals surface area contributed by atoms with Crippen LogP contribution in [-0.2, 0) is 19.4 Å². The number of esters is 1. The van der Waals surface area contributed by atoms with E-state index < -0.39 is 22.4 Å². The molecule has 0 spiro atoms. The van der Waals surface area contributed by atoms with Crippen molar-refractivity contribution >= 4 is 66.3 Å². The molecule has 6 nitrogen and oxygen atoms in total. The van der Waals surface area contributed by atoms with Crippen molar-refractivity contribution in [2.45, 2.75) is 44.2 Å². The Kier molecular flexibility index (Phi) is 6.30. The molecule has 0 radical (unpaired) electrons. The van der Waals surface area contributed by atoms with E-state index in [-0.39, 0.29) is 39.4 Å². The monoisotopic (exact) mass is 489 g/mol. The van der Waals surface area contributed by atoms with Gasteiger partial charge >= 0.3 is 5.97 Å². The molecule has 1 aliphatic heterocycles. The molecule has 1 aromatic carbocycles. The Balaban J connectivity index is 1.48. The predicted octanol–water partition coefficient (Wildman–Crippen LogP) is 4.32. The van der Waals surface area contributed by atoms with Crippen molar-refractivity contribution in [3.8, 4) is 0 Å². The number of hydrogen-bond acceptors (Lipinski definition) is 6. The van der Waals surface area contributed by atoms with Crippen molar-refractivity contribution in [1.29, 1.82) is 0 Å². The maximum atomic E-state index is 13.0. The Morgan fingerprint density at radius 3 is 2.53 bits per heavy atom. The van der Waals surface area contributed by atoms with E-state index in [1.165, 1.54) is 0 Å². The molecule has 2 heterocycles. The molecule has 2 aromatic rings. The molecule has 0 bridgehead atoms. The molecule has 1 amide bonds. The van der Waals surface area contributed by atoms with Crippen LogP contribution in [0.25, 0.3) is 10.1 Å². The number of rotatable bonds is 5. The lowest BCUT2D eigenvalue weighted by molar-refractivity contribution is -0.139. The van der Waals surface area contributed by atoms with E-state index >= 15 is 0 Å². The molecule has 2 fully saturated rings. The number of nitrogens with zero attached hydrogens (tertiary/aromatic N) is 1. The second-order valence-electron chi connectivity index (χ2n) is 7.76. The van der Waals surface area contributed by atoms with Crippen LogP contribution in [0.2, 0.25) is 10.0 Å². The lowest BCUT2D eigenvalue weighted by atomic mass is 10.1. The van der Waals surface area contributed by atoms with E-state index in [1.54, 1.807) is 23.1 Å². The lowest BCUT2D eigenvalue weighted by Gasteiger charge is -2.33. The molecule has 1 aliphatic carbocycles. The van der Waals surface area contributed by atoms with Gasteiger partial charge in [-0.25, -0.2) is 13.2 Å². The molecule has 1 atom stereocenters. The molecule has 2 aliphatic rings. The molecule has 1 unspecified atom stereocenters. The first-order valence-corrected chi connectivity index (χ1v) is 13.2. The standard InChI is InChI=1S/C20H21Cl2NO5S2/c21-12-5-6-15-16(9-12)29-19(18(15)22)20(25)28-10-17(24)23(13-3-1-2-4-13)14-7-8-30(26,27)11-14/h5-6,9,13-14H,1-4,7-8,10-11H2. The van der Waals surface area contributed by atoms with E-state index in [0.717, 1.165) is 41.7 Å². The summed E-state index contributed by atoms with van der Waals surface area (Å²) < 4.78 is 29.9. The average Bonchev–Trinajstić information content (AvgIpc) is 3.40. The van der Waals surface area contributed by atoms with Crippen molar-refractivity contribution in [3.05, 3.63) is 33.1 Å². The zero-order chi connectivity index (χ0) is 21.5. The van der Waals surface area contributed by atoms with Gasteiger partial charge in [-0.2, -0.15) is 0 Å². The second kappa shape index (κ2) is 8.65. The first-order valence-electron chi connectivity index (χ1n) is 9.81. The summed E-state index contributed by atoms with van der Waals surface area (Å²) in [5, 5.41) is 1.51. The van der Waals surface area contributed by atoms with Crippen molar-refractivity contribution in [2.75, 3.05) is 18.1 Å². The molecule has 10 heteroatoms. The highest BCUT2D eigenvalue weighted by Gasteiger charge is 2.39. The fourth-order valence-electron chi connectivity index (χ4n) is 4.32. The fourth-order valence-corrected chi connectivity index (χ4v) is 7.71. The van der Waals surface area contributed by atoms with E-state index in [9.17, 15) is 18.0 Å². The first-order chi connectivity index (χ1) is 14.2. The van der Waals surface area contributed by atoms with Gasteiger partial charge in [-0.3, -0.25) is 4.79 Å². The van der Waals surface area contributed by atoms with E-state index in [1.807, 2.05) is 0 Å². The molecule has 162 valence electrons. The number of hydrogen-bond donors (Lipinski definition) is 0. The Morgan fingerprint density at radius 1 is 1.13 bits per heavy atom. The summed E-state index contributed by atoms with van der Waals surface area (Å²) in [6.07, 6.45) is 4.14. The van der Waals surface area contributed by atoms with Gasteiger partial charge in [0.15, 0.2) is 16.4 Å². The topological polar surface area (TPSA) is 80.8 Å². The Hall–Kier alpha value is -1.35. The largest absolute Gasteiger partial charge is 0.451 e. The van der Waals surface area contributed by atoms with Crippen LogP contribution in [0.3, 0.4) is 0 Å². The number of sulfone groups is 1. The van der Waals surface area contributed by atoms with E-state index in [2.05, 4.69) is 0 Å². The van der Waals surface area contributed by atoms with E-state index in [0.29, 0.717) is 16.8 Å². The molecule has 0 N–H and O–H groups in total. The van der Waals surface area contributed by atoms with Crippen LogP contribution in [0.5, 0.6) is 0 Å². The van der Waals surface area contributed by atoms with Crippen LogP contribution in [0.4, 0.5) is 0 Å². The van der Waals surface area contributed by atoms with Gasteiger partial charge in [0.2, 0.25) is 0 Å². The van der Waals surface area contributed by atoms with E-state index in [4.69, 9.17) is 27.9 Å². The summed E-state index contributed by atoms with van der Waals surface area (Å²) >= 11 is 13.5. The fraction of sp³-hybridized carbons (Fsp3) is 0.500. The molecular formula is C20H21Cl2NO5S2. The summed E-state index contributed by atoms with van der Waals surface area (Å²) in [7, 11) is -3.13. The number of thiophene rings is 1. The SMILES string of the molecule is O=C(OCC(=O)N(C1CCCC1)C1CCS(=O)(=O)C1)c1sc2cc(Cl)ccc2c1Cl. The molecule has 4 rings (SSSR count). The van der Waals surface area contributed by atoms with Crippen LogP contribution < -0.4 is 0 Å². The third-order valence-electron chi connectivity index (χ3n) is 5.71. The Labute approximate surface area is 189 Å². The maximum absolute atomic E-state index is 13.0. The van der Waals surface area contributed by atoms with Gasteiger partial charge in [0.05, 0.1) is 16.5 Å². The van der Waals surface area contributed by atoms with Crippen LogP contribution in [-0.4, -0.2) is 55.4 Å². The van der Waals surface area contributed by atoms with Crippen LogP contribution >= 0.6 is 34.5 Å². The minimum atomic E-state index is -3.13. The maximum Gasteiger partial charge on any atom is 0.350 e. The molecule has 1 aromatic heterocycles. The summed E-state index contributed by atoms with van der Waals surface area (Å²) in [4.78, 5) is 27.5. The van der Waals surface area contributed by atoms with Crippen molar-refractivity contribution in [3.63, 3.8) is 0 Å².